The van der Waals surface area contributed by atoms with E-state index in [0.29, 0.717) is 19.8 Å². The van der Waals surface area contributed by atoms with Gasteiger partial charge in [0.25, 0.3) is 0 Å². The molecule has 3 rings (SSSR count). The highest BCUT2D eigenvalue weighted by Gasteiger charge is 2.49. The monoisotopic (exact) mass is 323 g/mol. The number of hydrogen-bond donors (Lipinski definition) is 0. The van der Waals surface area contributed by atoms with E-state index in [2.05, 4.69) is 4.90 Å². The van der Waals surface area contributed by atoms with Crippen LogP contribution in [-0.4, -0.2) is 86.5 Å². The van der Waals surface area contributed by atoms with Gasteiger partial charge in [-0.15, -0.1) is 0 Å². The first-order valence-electron chi connectivity index (χ1n) is 8.82. The van der Waals surface area contributed by atoms with Gasteiger partial charge in [0.15, 0.2) is 0 Å². The molecule has 3 heterocycles. The van der Waals surface area contributed by atoms with Crippen LogP contribution in [0.15, 0.2) is 0 Å². The van der Waals surface area contributed by atoms with Gasteiger partial charge in [0.05, 0.1) is 17.9 Å². The molecule has 2 amide bonds. The SMILES string of the molecule is CN(C)CCN1CCC2(CCCN(C(=O)C3CCOC3)C2)C1=O. The number of likely N-dealkylation sites (N-methyl/N-ethyl adjacent to an activating group) is 1. The molecule has 6 heteroatoms. The number of hydrogen-bond acceptors (Lipinski definition) is 4. The maximum Gasteiger partial charge on any atom is 0.230 e. The number of likely N-dealkylation sites (tertiary alicyclic amines) is 2. The summed E-state index contributed by atoms with van der Waals surface area (Å²) in [4.78, 5) is 31.6. The summed E-state index contributed by atoms with van der Waals surface area (Å²) in [5.74, 6) is 0.465. The van der Waals surface area contributed by atoms with E-state index in [1.165, 1.54) is 0 Å². The first kappa shape index (κ1) is 16.7. The fraction of sp³-hybridized carbons (Fsp3) is 0.882. The number of carbonyl (C=O) groups is 2. The maximum absolute atomic E-state index is 12.9. The fourth-order valence-corrected chi connectivity index (χ4v) is 4.11. The van der Waals surface area contributed by atoms with E-state index in [1.54, 1.807) is 0 Å². The number of rotatable bonds is 4. The Morgan fingerprint density at radius 3 is 2.87 bits per heavy atom. The van der Waals surface area contributed by atoms with Gasteiger partial charge in [0.1, 0.15) is 0 Å². The van der Waals surface area contributed by atoms with E-state index in [0.717, 1.165) is 51.9 Å². The molecule has 3 aliphatic heterocycles. The van der Waals surface area contributed by atoms with Crippen molar-refractivity contribution in [3.05, 3.63) is 0 Å². The fourth-order valence-electron chi connectivity index (χ4n) is 4.11. The number of amides is 2. The lowest BCUT2D eigenvalue weighted by Gasteiger charge is -2.40. The minimum atomic E-state index is -0.320. The molecule has 23 heavy (non-hydrogen) atoms. The minimum Gasteiger partial charge on any atom is -0.381 e. The van der Waals surface area contributed by atoms with E-state index in [9.17, 15) is 9.59 Å². The first-order chi connectivity index (χ1) is 11.0. The van der Waals surface area contributed by atoms with Crippen molar-refractivity contribution in [1.82, 2.24) is 14.7 Å². The third kappa shape index (κ3) is 3.38. The average Bonchev–Trinajstić information content (AvgIpc) is 3.16. The summed E-state index contributed by atoms with van der Waals surface area (Å²) < 4.78 is 5.35. The Bertz CT molecular complexity index is 462. The van der Waals surface area contributed by atoms with Crippen LogP contribution in [0.2, 0.25) is 0 Å². The lowest BCUT2D eigenvalue weighted by Crippen LogP contribution is -2.51. The molecule has 3 fully saturated rings. The molecule has 130 valence electrons. The molecule has 0 aliphatic carbocycles. The van der Waals surface area contributed by atoms with E-state index in [1.807, 2.05) is 23.9 Å². The van der Waals surface area contributed by atoms with Crippen molar-refractivity contribution >= 4 is 11.8 Å². The minimum absolute atomic E-state index is 0.00602. The number of carbonyl (C=O) groups excluding carboxylic acids is 2. The van der Waals surface area contributed by atoms with Crippen LogP contribution in [0.25, 0.3) is 0 Å². The van der Waals surface area contributed by atoms with Crippen molar-refractivity contribution in [3.63, 3.8) is 0 Å². The predicted molar refractivity (Wildman–Crippen MR) is 86.9 cm³/mol. The van der Waals surface area contributed by atoms with Crippen molar-refractivity contribution in [2.45, 2.75) is 25.7 Å². The highest BCUT2D eigenvalue weighted by molar-refractivity contribution is 5.87. The van der Waals surface area contributed by atoms with Crippen molar-refractivity contribution in [2.75, 3.05) is 60.0 Å². The first-order valence-corrected chi connectivity index (χ1v) is 8.82. The summed E-state index contributed by atoms with van der Waals surface area (Å²) in [6.45, 7) is 5.16. The summed E-state index contributed by atoms with van der Waals surface area (Å²) in [6.07, 6.45) is 3.58. The third-order valence-corrected chi connectivity index (χ3v) is 5.59. The molecule has 6 nitrogen and oxygen atoms in total. The molecule has 0 saturated carbocycles. The zero-order valence-corrected chi connectivity index (χ0v) is 14.4. The van der Waals surface area contributed by atoms with Crippen molar-refractivity contribution in [1.29, 1.82) is 0 Å². The smallest absolute Gasteiger partial charge is 0.230 e. The molecular formula is C17H29N3O3. The van der Waals surface area contributed by atoms with Crippen LogP contribution in [-0.2, 0) is 14.3 Å². The molecule has 0 bridgehead atoms. The second-order valence-electron chi connectivity index (χ2n) is 7.55. The van der Waals surface area contributed by atoms with E-state index >= 15 is 0 Å². The van der Waals surface area contributed by atoms with E-state index in [4.69, 9.17) is 4.74 Å². The Kier molecular flexibility index (Phi) is 4.92. The van der Waals surface area contributed by atoms with Crippen molar-refractivity contribution < 1.29 is 14.3 Å². The molecular weight excluding hydrogens is 294 g/mol. The quantitative estimate of drug-likeness (QED) is 0.753. The Balaban J connectivity index is 1.63. The highest BCUT2D eigenvalue weighted by atomic mass is 16.5. The largest absolute Gasteiger partial charge is 0.381 e. The number of piperidine rings is 1. The standard InChI is InChI=1S/C17H29N3O3/c1-18(2)9-10-19-8-6-17(16(19)22)5-3-7-20(13-17)15(21)14-4-11-23-12-14/h14H,3-13H2,1-2H3. The van der Waals surface area contributed by atoms with Crippen LogP contribution in [0.5, 0.6) is 0 Å². The number of nitrogens with zero attached hydrogens (tertiary/aromatic N) is 3. The molecule has 0 aromatic rings. The Labute approximate surface area is 138 Å². The summed E-state index contributed by atoms with van der Waals surface area (Å²) in [7, 11) is 4.06. The van der Waals surface area contributed by atoms with Crippen LogP contribution < -0.4 is 0 Å². The van der Waals surface area contributed by atoms with Crippen LogP contribution in [0.4, 0.5) is 0 Å². The molecule has 2 atom stereocenters. The molecule has 0 aromatic heterocycles. The van der Waals surface area contributed by atoms with Gasteiger partial charge in [-0.1, -0.05) is 0 Å². The molecule has 0 radical (unpaired) electrons. The maximum atomic E-state index is 12.9. The van der Waals surface area contributed by atoms with Gasteiger partial charge in [0, 0.05) is 39.3 Å². The average molecular weight is 323 g/mol. The van der Waals surface area contributed by atoms with Gasteiger partial charge in [0.2, 0.25) is 11.8 Å². The Morgan fingerprint density at radius 2 is 2.17 bits per heavy atom. The van der Waals surface area contributed by atoms with Crippen molar-refractivity contribution in [3.8, 4) is 0 Å². The van der Waals surface area contributed by atoms with E-state index in [-0.39, 0.29) is 23.1 Å². The normalized spacial score (nSPS) is 31.6. The molecule has 1 spiro atoms. The summed E-state index contributed by atoms with van der Waals surface area (Å²) in [6, 6.07) is 0. The van der Waals surface area contributed by atoms with Crippen LogP contribution in [0.1, 0.15) is 25.7 Å². The zero-order valence-electron chi connectivity index (χ0n) is 14.4. The lowest BCUT2D eigenvalue weighted by atomic mass is 9.78. The summed E-state index contributed by atoms with van der Waals surface area (Å²) in [5.41, 5.74) is -0.320. The zero-order chi connectivity index (χ0) is 16.4. The second-order valence-corrected chi connectivity index (χ2v) is 7.55. The Hall–Kier alpha value is -1.14. The molecule has 2 unspecified atom stereocenters. The molecule has 0 aromatic carbocycles. The molecule has 0 N–H and O–H groups in total. The van der Waals surface area contributed by atoms with Gasteiger partial charge in [-0.05, 0) is 39.8 Å². The predicted octanol–water partition coefficient (Wildman–Crippen LogP) is 0.426. The second kappa shape index (κ2) is 6.77. The van der Waals surface area contributed by atoms with Crippen LogP contribution in [0, 0.1) is 11.3 Å². The van der Waals surface area contributed by atoms with Gasteiger partial charge < -0.3 is 19.4 Å². The lowest BCUT2D eigenvalue weighted by molar-refractivity contribution is -0.145. The van der Waals surface area contributed by atoms with E-state index < -0.39 is 0 Å². The third-order valence-electron chi connectivity index (χ3n) is 5.59. The van der Waals surface area contributed by atoms with Gasteiger partial charge in [-0.2, -0.15) is 0 Å². The summed E-state index contributed by atoms with van der Waals surface area (Å²) >= 11 is 0. The summed E-state index contributed by atoms with van der Waals surface area (Å²) in [5, 5.41) is 0. The van der Waals surface area contributed by atoms with Gasteiger partial charge >= 0.3 is 0 Å². The highest BCUT2D eigenvalue weighted by Crippen LogP contribution is 2.40. The molecule has 3 saturated heterocycles. The topological polar surface area (TPSA) is 53.1 Å². The number of ether oxygens (including phenoxy) is 1. The van der Waals surface area contributed by atoms with Crippen molar-refractivity contribution in [2.24, 2.45) is 11.3 Å². The Morgan fingerprint density at radius 1 is 1.35 bits per heavy atom. The van der Waals surface area contributed by atoms with Crippen LogP contribution in [0.3, 0.4) is 0 Å². The van der Waals surface area contributed by atoms with Gasteiger partial charge in [-0.25, -0.2) is 0 Å². The van der Waals surface area contributed by atoms with Crippen LogP contribution >= 0.6 is 0 Å². The molecule has 3 aliphatic rings. The van der Waals surface area contributed by atoms with Gasteiger partial charge in [-0.3, -0.25) is 9.59 Å².